The van der Waals surface area contributed by atoms with Crippen LogP contribution in [0.1, 0.15) is 12.8 Å². The molecule has 3 aromatic heterocycles. The number of anilines is 1. The van der Waals surface area contributed by atoms with E-state index in [1.807, 2.05) is 36.5 Å². The van der Waals surface area contributed by atoms with Gasteiger partial charge in [0.25, 0.3) is 0 Å². The molecular weight excluding hydrogens is 312 g/mol. The van der Waals surface area contributed by atoms with E-state index in [0.29, 0.717) is 12.1 Å². The predicted octanol–water partition coefficient (Wildman–Crippen LogP) is 2.42. The van der Waals surface area contributed by atoms with Gasteiger partial charge in [-0.15, -0.1) is 0 Å². The van der Waals surface area contributed by atoms with E-state index in [4.69, 9.17) is 4.98 Å². The summed E-state index contributed by atoms with van der Waals surface area (Å²) in [4.78, 5) is 10.5. The van der Waals surface area contributed by atoms with E-state index in [9.17, 15) is 0 Å². The van der Waals surface area contributed by atoms with Gasteiger partial charge in [0, 0.05) is 73.2 Å². The van der Waals surface area contributed by atoms with Crippen LogP contribution in [0.3, 0.4) is 0 Å². The van der Waals surface area contributed by atoms with Crippen LogP contribution in [0, 0.1) is 0 Å². The minimum Gasteiger partial charge on any atom is -0.360 e. The van der Waals surface area contributed by atoms with Gasteiger partial charge in [-0.3, -0.25) is 4.68 Å². The molecule has 5 heterocycles. The molecule has 0 aromatic carbocycles. The van der Waals surface area contributed by atoms with Crippen LogP contribution in [0.15, 0.2) is 43.0 Å². The normalized spacial score (nSPS) is 22.5. The Kier molecular flexibility index (Phi) is 3.38. The quantitative estimate of drug-likeness (QED) is 0.772. The molecule has 0 amide bonds. The molecule has 2 N–H and O–H groups in total. The van der Waals surface area contributed by atoms with Crippen molar-refractivity contribution < 1.29 is 0 Å². The van der Waals surface area contributed by atoms with Gasteiger partial charge in [-0.25, -0.2) is 4.98 Å². The van der Waals surface area contributed by atoms with E-state index >= 15 is 0 Å². The molecule has 5 rings (SSSR count). The van der Waals surface area contributed by atoms with Crippen molar-refractivity contribution in [3.63, 3.8) is 0 Å². The second-order valence-corrected chi connectivity index (χ2v) is 7.15. The van der Waals surface area contributed by atoms with Crippen molar-refractivity contribution in [3.05, 3.63) is 43.0 Å². The molecular formula is C19H22N6. The first-order chi connectivity index (χ1) is 12.2. The molecule has 6 nitrogen and oxygen atoms in total. The molecule has 3 aromatic rings. The average Bonchev–Trinajstić information content (AvgIpc) is 3.35. The highest BCUT2D eigenvalue weighted by Gasteiger charge is 2.32. The number of aryl methyl sites for hydroxylation is 1. The van der Waals surface area contributed by atoms with Crippen LogP contribution in [-0.2, 0) is 7.05 Å². The van der Waals surface area contributed by atoms with Crippen LogP contribution in [0.4, 0.5) is 5.82 Å². The van der Waals surface area contributed by atoms with E-state index in [1.165, 1.54) is 12.8 Å². The number of H-pyrrole nitrogens is 1. The number of hydrogen-bond acceptors (Lipinski definition) is 4. The molecule has 2 aliphatic rings. The summed E-state index contributed by atoms with van der Waals surface area (Å²) < 4.78 is 1.81. The van der Waals surface area contributed by atoms with Gasteiger partial charge >= 0.3 is 0 Å². The molecule has 6 heteroatoms. The first-order valence-corrected chi connectivity index (χ1v) is 8.89. The van der Waals surface area contributed by atoms with Crippen LogP contribution >= 0.6 is 0 Å². The maximum absolute atomic E-state index is 4.73. The average molecular weight is 334 g/mol. The van der Waals surface area contributed by atoms with E-state index in [0.717, 1.165) is 41.3 Å². The number of fused-ring (bicyclic) bond motifs is 2. The van der Waals surface area contributed by atoms with E-state index in [-0.39, 0.29) is 0 Å². The number of hydrogen-bond donors (Lipinski definition) is 2. The first-order valence-electron chi connectivity index (χ1n) is 8.89. The van der Waals surface area contributed by atoms with Crippen LogP contribution in [0.2, 0.25) is 0 Å². The van der Waals surface area contributed by atoms with Gasteiger partial charge in [-0.1, -0.05) is 0 Å². The number of pyridine rings is 1. The maximum atomic E-state index is 4.73. The summed E-state index contributed by atoms with van der Waals surface area (Å²) in [7, 11) is 1.93. The summed E-state index contributed by atoms with van der Waals surface area (Å²) in [5.74, 6) is 1.09. The summed E-state index contributed by atoms with van der Waals surface area (Å²) in [6.07, 6.45) is 10.5. The van der Waals surface area contributed by atoms with Crippen molar-refractivity contribution in [2.45, 2.75) is 24.9 Å². The van der Waals surface area contributed by atoms with Crippen molar-refractivity contribution in [1.82, 2.24) is 25.1 Å². The highest BCUT2D eigenvalue weighted by Crippen LogP contribution is 2.28. The fraction of sp³-hybridized carbons (Fsp3) is 0.368. The maximum Gasteiger partial charge on any atom is 0.128 e. The molecule has 2 unspecified atom stereocenters. The number of nitrogens with one attached hydrogen (secondary N) is 2. The van der Waals surface area contributed by atoms with Gasteiger partial charge in [0.05, 0.1) is 6.20 Å². The third-order valence-electron chi connectivity index (χ3n) is 5.32. The van der Waals surface area contributed by atoms with E-state index in [2.05, 4.69) is 38.5 Å². The number of rotatable bonds is 3. The van der Waals surface area contributed by atoms with Gasteiger partial charge in [-0.2, -0.15) is 5.10 Å². The number of nitrogens with zero attached hydrogens (tertiary/aromatic N) is 4. The fourth-order valence-corrected chi connectivity index (χ4v) is 4.02. The van der Waals surface area contributed by atoms with Crippen LogP contribution in [0.5, 0.6) is 0 Å². The first kappa shape index (κ1) is 14.7. The van der Waals surface area contributed by atoms with Gasteiger partial charge in [-0.05, 0) is 31.0 Å². The lowest BCUT2D eigenvalue weighted by Gasteiger charge is -2.33. The van der Waals surface area contributed by atoms with Crippen molar-refractivity contribution >= 4 is 5.82 Å². The van der Waals surface area contributed by atoms with Crippen LogP contribution in [0.25, 0.3) is 22.4 Å². The molecule has 0 spiro atoms. The molecule has 0 radical (unpaired) electrons. The summed E-state index contributed by atoms with van der Waals surface area (Å²) in [5.41, 5.74) is 4.45. The zero-order valence-corrected chi connectivity index (χ0v) is 14.3. The number of aromatic nitrogens is 4. The highest BCUT2D eigenvalue weighted by molar-refractivity contribution is 5.71. The molecule has 0 saturated carbocycles. The minimum atomic E-state index is 0.631. The molecule has 2 bridgehead atoms. The monoisotopic (exact) mass is 334 g/mol. The zero-order chi connectivity index (χ0) is 16.8. The minimum absolute atomic E-state index is 0.631. The Bertz CT molecular complexity index is 865. The Hall–Kier alpha value is -2.60. The topological polar surface area (TPSA) is 61.8 Å². The van der Waals surface area contributed by atoms with E-state index in [1.54, 1.807) is 0 Å². The molecule has 128 valence electrons. The Morgan fingerprint density at radius 2 is 1.88 bits per heavy atom. The lowest BCUT2D eigenvalue weighted by Crippen LogP contribution is -2.51. The van der Waals surface area contributed by atoms with E-state index < -0.39 is 0 Å². The van der Waals surface area contributed by atoms with Gasteiger partial charge in [0.15, 0.2) is 0 Å². The van der Waals surface area contributed by atoms with Crippen LogP contribution < -0.4 is 10.2 Å². The Labute approximate surface area is 146 Å². The molecule has 25 heavy (non-hydrogen) atoms. The Morgan fingerprint density at radius 1 is 1.04 bits per heavy atom. The number of aromatic amines is 1. The molecule has 2 saturated heterocycles. The van der Waals surface area contributed by atoms with Crippen molar-refractivity contribution in [3.8, 4) is 22.4 Å². The molecule has 0 aliphatic carbocycles. The molecule has 2 atom stereocenters. The van der Waals surface area contributed by atoms with Crippen molar-refractivity contribution in [1.29, 1.82) is 0 Å². The lowest BCUT2D eigenvalue weighted by atomic mass is 10.1. The summed E-state index contributed by atoms with van der Waals surface area (Å²) in [5, 5.41) is 7.90. The third kappa shape index (κ3) is 2.72. The van der Waals surface area contributed by atoms with Crippen molar-refractivity contribution in [2.24, 2.45) is 7.05 Å². The highest BCUT2D eigenvalue weighted by atomic mass is 15.3. The SMILES string of the molecule is Cn1cc(-c2cc(-c3ccc(N4CC5CCC(C4)N5)nc3)c[nH]2)cn1. The second-order valence-electron chi connectivity index (χ2n) is 7.15. The van der Waals surface area contributed by atoms with Gasteiger partial charge < -0.3 is 15.2 Å². The molecule has 2 fully saturated rings. The van der Waals surface area contributed by atoms with Crippen molar-refractivity contribution in [2.75, 3.05) is 18.0 Å². The summed E-state index contributed by atoms with van der Waals surface area (Å²) in [6, 6.07) is 7.73. The summed E-state index contributed by atoms with van der Waals surface area (Å²) >= 11 is 0. The van der Waals surface area contributed by atoms with Gasteiger partial charge in [0.2, 0.25) is 0 Å². The second kappa shape index (κ2) is 5.74. The zero-order valence-electron chi connectivity index (χ0n) is 14.3. The molecule has 2 aliphatic heterocycles. The van der Waals surface area contributed by atoms with Gasteiger partial charge in [0.1, 0.15) is 5.82 Å². The van der Waals surface area contributed by atoms with Crippen LogP contribution in [-0.4, -0.2) is 44.9 Å². The Balaban J connectivity index is 1.36. The smallest absolute Gasteiger partial charge is 0.128 e. The Morgan fingerprint density at radius 3 is 2.56 bits per heavy atom. The standard InChI is InChI=1S/C19H22N6/c1-24-10-15(9-22-24)18-6-14(8-20-18)13-2-5-19(21-7-13)25-11-16-3-4-17(12-25)23-16/h2,5-10,16-17,20,23H,3-4,11-12H2,1H3. The summed E-state index contributed by atoms with van der Waals surface area (Å²) in [6.45, 7) is 2.14. The predicted molar refractivity (Wildman–Crippen MR) is 98.4 cm³/mol. The third-order valence-corrected chi connectivity index (χ3v) is 5.32. The largest absolute Gasteiger partial charge is 0.360 e. The fourth-order valence-electron chi connectivity index (χ4n) is 4.02. The number of piperazine rings is 1. The lowest BCUT2D eigenvalue weighted by molar-refractivity contribution is 0.463.